The van der Waals surface area contributed by atoms with E-state index in [0.717, 1.165) is 24.1 Å². The van der Waals surface area contributed by atoms with E-state index >= 15 is 0 Å². The highest BCUT2D eigenvalue weighted by Gasteiger charge is 2.30. The molecule has 0 spiro atoms. The van der Waals surface area contributed by atoms with Gasteiger partial charge in [0.2, 0.25) is 0 Å². The number of methoxy groups -OCH3 is 1. The van der Waals surface area contributed by atoms with Gasteiger partial charge in [-0.3, -0.25) is 0 Å². The van der Waals surface area contributed by atoms with Gasteiger partial charge in [0.05, 0.1) is 7.11 Å². The van der Waals surface area contributed by atoms with Crippen LogP contribution in [0.1, 0.15) is 24.8 Å². The summed E-state index contributed by atoms with van der Waals surface area (Å²) in [5, 5.41) is 3.69. The monoisotopic (exact) mass is 274 g/mol. The van der Waals surface area contributed by atoms with Crippen LogP contribution in [0.3, 0.4) is 0 Å². The minimum absolute atomic E-state index is 0.793. The highest BCUT2D eigenvalue weighted by molar-refractivity contribution is 5.27. The van der Waals surface area contributed by atoms with Crippen LogP contribution in [0.25, 0.3) is 0 Å². The van der Waals surface area contributed by atoms with Gasteiger partial charge < -0.3 is 15.0 Å². The van der Waals surface area contributed by atoms with Crippen LogP contribution in [-0.2, 0) is 6.42 Å². The lowest BCUT2D eigenvalue weighted by atomic mass is 9.85. The van der Waals surface area contributed by atoms with E-state index in [0.29, 0.717) is 0 Å². The van der Waals surface area contributed by atoms with E-state index in [1.165, 1.54) is 51.0 Å². The van der Waals surface area contributed by atoms with Gasteiger partial charge in [0.15, 0.2) is 0 Å². The number of nitrogens with one attached hydrogen (secondary N) is 1. The van der Waals surface area contributed by atoms with Crippen molar-refractivity contribution in [2.24, 2.45) is 5.92 Å². The maximum atomic E-state index is 5.21. The molecular formula is C17H26N2O. The van der Waals surface area contributed by atoms with Crippen LogP contribution in [0.2, 0.25) is 0 Å². The third-order valence-corrected chi connectivity index (χ3v) is 4.85. The summed E-state index contributed by atoms with van der Waals surface area (Å²) in [6.45, 7) is 4.96. The molecule has 1 aromatic rings. The average molecular weight is 274 g/mol. The van der Waals surface area contributed by atoms with Crippen LogP contribution in [0.4, 0.5) is 0 Å². The molecule has 3 rings (SSSR count). The molecule has 2 heterocycles. The van der Waals surface area contributed by atoms with Crippen molar-refractivity contribution in [1.82, 2.24) is 10.2 Å². The van der Waals surface area contributed by atoms with Crippen molar-refractivity contribution < 1.29 is 4.74 Å². The Labute approximate surface area is 122 Å². The average Bonchev–Trinajstić information content (AvgIpc) is 2.53. The fourth-order valence-corrected chi connectivity index (χ4v) is 3.60. The summed E-state index contributed by atoms with van der Waals surface area (Å²) in [7, 11) is 1.72. The Morgan fingerprint density at radius 3 is 2.90 bits per heavy atom. The second kappa shape index (κ2) is 6.59. The Kier molecular flexibility index (Phi) is 4.58. The Hall–Kier alpha value is -1.06. The Balaban J connectivity index is 1.48. The molecule has 1 N–H and O–H groups in total. The van der Waals surface area contributed by atoms with Crippen LogP contribution >= 0.6 is 0 Å². The molecule has 2 unspecified atom stereocenters. The number of hydrogen-bond donors (Lipinski definition) is 1. The number of hydrogen-bond acceptors (Lipinski definition) is 3. The Bertz CT molecular complexity index is 418. The number of fused-ring (bicyclic) bond motifs is 1. The van der Waals surface area contributed by atoms with Crippen LogP contribution in [0, 0.1) is 5.92 Å². The fourth-order valence-electron chi connectivity index (χ4n) is 3.60. The van der Waals surface area contributed by atoms with Gasteiger partial charge in [-0.15, -0.1) is 0 Å². The summed E-state index contributed by atoms with van der Waals surface area (Å²) in [6, 6.07) is 9.29. The van der Waals surface area contributed by atoms with Gasteiger partial charge in [-0.2, -0.15) is 0 Å². The zero-order valence-corrected chi connectivity index (χ0v) is 12.5. The standard InChI is InChI=1S/C17H26N2O/c1-20-16-6-4-14(5-7-16)8-11-19-12-9-17-15(13-19)3-2-10-18-17/h4-7,15,17-18H,2-3,8-13H2,1H3. The van der Waals surface area contributed by atoms with Gasteiger partial charge in [-0.25, -0.2) is 0 Å². The highest BCUT2D eigenvalue weighted by Crippen LogP contribution is 2.25. The molecule has 2 aliphatic rings. The first kappa shape index (κ1) is 13.9. The smallest absolute Gasteiger partial charge is 0.118 e. The lowest BCUT2D eigenvalue weighted by Crippen LogP contribution is -2.52. The molecule has 2 saturated heterocycles. The van der Waals surface area contributed by atoms with E-state index in [1.807, 2.05) is 0 Å². The molecule has 3 nitrogen and oxygen atoms in total. The molecule has 0 amide bonds. The predicted octanol–water partition coefficient (Wildman–Crippen LogP) is 2.31. The molecule has 0 saturated carbocycles. The number of ether oxygens (including phenoxy) is 1. The molecule has 0 aliphatic carbocycles. The summed E-state index contributed by atoms with van der Waals surface area (Å²) in [4.78, 5) is 2.65. The summed E-state index contributed by atoms with van der Waals surface area (Å²) >= 11 is 0. The van der Waals surface area contributed by atoms with Gasteiger partial charge in [-0.05, 0) is 62.4 Å². The molecule has 2 atom stereocenters. The summed E-state index contributed by atoms with van der Waals surface area (Å²) in [5.74, 6) is 1.83. The predicted molar refractivity (Wildman–Crippen MR) is 82.3 cm³/mol. The summed E-state index contributed by atoms with van der Waals surface area (Å²) in [6.07, 6.45) is 5.24. The van der Waals surface area contributed by atoms with Crippen molar-refractivity contribution in [3.8, 4) is 5.75 Å². The van der Waals surface area contributed by atoms with Crippen LogP contribution in [0.5, 0.6) is 5.75 Å². The SMILES string of the molecule is COc1ccc(CCN2CCC3NCCCC3C2)cc1. The Morgan fingerprint density at radius 2 is 2.10 bits per heavy atom. The third-order valence-electron chi connectivity index (χ3n) is 4.85. The zero-order valence-electron chi connectivity index (χ0n) is 12.5. The molecule has 0 aromatic heterocycles. The molecule has 110 valence electrons. The third kappa shape index (κ3) is 3.33. The first-order valence-corrected chi connectivity index (χ1v) is 7.94. The number of rotatable bonds is 4. The Morgan fingerprint density at radius 1 is 1.25 bits per heavy atom. The largest absolute Gasteiger partial charge is 0.497 e. The maximum Gasteiger partial charge on any atom is 0.118 e. The van der Waals surface area contributed by atoms with Crippen LogP contribution < -0.4 is 10.1 Å². The minimum atomic E-state index is 0.793. The second-order valence-corrected chi connectivity index (χ2v) is 6.15. The van der Waals surface area contributed by atoms with E-state index in [2.05, 4.69) is 34.5 Å². The number of likely N-dealkylation sites (tertiary alicyclic amines) is 1. The molecule has 2 fully saturated rings. The van der Waals surface area contributed by atoms with E-state index in [9.17, 15) is 0 Å². The maximum absolute atomic E-state index is 5.21. The summed E-state index contributed by atoms with van der Waals surface area (Å²) in [5.41, 5.74) is 1.41. The van der Waals surface area contributed by atoms with Crippen molar-refractivity contribution in [2.45, 2.75) is 31.7 Å². The van der Waals surface area contributed by atoms with Crippen molar-refractivity contribution in [3.63, 3.8) is 0 Å². The van der Waals surface area contributed by atoms with E-state index in [1.54, 1.807) is 7.11 Å². The lowest BCUT2D eigenvalue weighted by Gasteiger charge is -2.41. The topological polar surface area (TPSA) is 24.5 Å². The lowest BCUT2D eigenvalue weighted by molar-refractivity contribution is 0.115. The molecule has 20 heavy (non-hydrogen) atoms. The highest BCUT2D eigenvalue weighted by atomic mass is 16.5. The number of benzene rings is 1. The van der Waals surface area contributed by atoms with Gasteiger partial charge in [0, 0.05) is 19.1 Å². The van der Waals surface area contributed by atoms with Crippen LogP contribution in [0.15, 0.2) is 24.3 Å². The van der Waals surface area contributed by atoms with Gasteiger partial charge in [0.25, 0.3) is 0 Å². The zero-order chi connectivity index (χ0) is 13.8. The quantitative estimate of drug-likeness (QED) is 0.912. The van der Waals surface area contributed by atoms with Gasteiger partial charge in [-0.1, -0.05) is 12.1 Å². The molecule has 3 heteroatoms. The van der Waals surface area contributed by atoms with Gasteiger partial charge in [0.1, 0.15) is 5.75 Å². The van der Waals surface area contributed by atoms with Crippen LogP contribution in [-0.4, -0.2) is 44.2 Å². The van der Waals surface area contributed by atoms with E-state index < -0.39 is 0 Å². The van der Waals surface area contributed by atoms with E-state index in [-0.39, 0.29) is 0 Å². The molecule has 2 aliphatic heterocycles. The van der Waals surface area contributed by atoms with Crippen molar-refractivity contribution in [1.29, 1.82) is 0 Å². The second-order valence-electron chi connectivity index (χ2n) is 6.15. The van der Waals surface area contributed by atoms with Crippen molar-refractivity contribution in [2.75, 3.05) is 33.3 Å². The van der Waals surface area contributed by atoms with Crippen molar-refractivity contribution >= 4 is 0 Å². The minimum Gasteiger partial charge on any atom is -0.497 e. The molecule has 1 aromatic carbocycles. The number of nitrogens with zero attached hydrogens (tertiary/aromatic N) is 1. The molecule has 0 radical (unpaired) electrons. The van der Waals surface area contributed by atoms with E-state index in [4.69, 9.17) is 4.74 Å². The molecule has 0 bridgehead atoms. The van der Waals surface area contributed by atoms with Gasteiger partial charge >= 0.3 is 0 Å². The fraction of sp³-hybridized carbons (Fsp3) is 0.647. The normalized spacial score (nSPS) is 27.1. The first-order valence-electron chi connectivity index (χ1n) is 7.94. The molecular weight excluding hydrogens is 248 g/mol. The first-order chi connectivity index (χ1) is 9.85. The van der Waals surface area contributed by atoms with Crippen molar-refractivity contribution in [3.05, 3.63) is 29.8 Å². The summed E-state index contributed by atoms with van der Waals surface area (Å²) < 4.78 is 5.21. The number of piperidine rings is 2.